The van der Waals surface area contributed by atoms with Crippen LogP contribution in [0.5, 0.6) is 0 Å². The van der Waals surface area contributed by atoms with Crippen LogP contribution in [-0.4, -0.2) is 34.3 Å². The van der Waals surface area contributed by atoms with Crippen LogP contribution in [-0.2, 0) is 0 Å². The molecular weight excluding hydrogens is 274 g/mol. The van der Waals surface area contributed by atoms with E-state index in [1.807, 2.05) is 11.9 Å². The largest absolute Gasteiger partial charge is 0.389 e. The molecule has 7 heteroatoms. The Morgan fingerprint density at radius 2 is 2.19 bits per heavy atom. The molecule has 0 unspecified atom stereocenters. The van der Waals surface area contributed by atoms with Crippen molar-refractivity contribution in [2.75, 3.05) is 23.9 Å². The van der Waals surface area contributed by atoms with E-state index < -0.39 is 5.60 Å². The van der Waals surface area contributed by atoms with Gasteiger partial charge in [0, 0.05) is 13.6 Å². The molecule has 0 saturated carbocycles. The third-order valence-corrected chi connectivity index (χ3v) is 2.62. The van der Waals surface area contributed by atoms with Gasteiger partial charge in [0.05, 0.1) is 5.60 Å². The van der Waals surface area contributed by atoms with Crippen LogP contribution in [0, 0.1) is 0 Å². The topological polar surface area (TPSA) is 87.3 Å². The fourth-order valence-corrected chi connectivity index (χ4v) is 2.00. The first-order chi connectivity index (χ1) is 7.35. The van der Waals surface area contributed by atoms with Gasteiger partial charge < -0.3 is 15.4 Å². The molecule has 0 aliphatic heterocycles. The molecule has 0 spiro atoms. The normalized spacial score (nSPS) is 11.4. The van der Waals surface area contributed by atoms with E-state index in [9.17, 15) is 5.11 Å². The second-order valence-corrected chi connectivity index (χ2v) is 4.97. The van der Waals surface area contributed by atoms with Gasteiger partial charge in [-0.15, -0.1) is 0 Å². The Bertz CT molecular complexity index is 365. The number of aromatic nitrogens is 2. The molecule has 0 saturated heterocycles. The number of nitrogens with one attached hydrogen (secondary N) is 1. The molecule has 1 rings (SSSR count). The Labute approximate surface area is 103 Å². The van der Waals surface area contributed by atoms with E-state index in [1.54, 1.807) is 13.8 Å². The van der Waals surface area contributed by atoms with Crippen LogP contribution in [0.2, 0.25) is 0 Å². The summed E-state index contributed by atoms with van der Waals surface area (Å²) in [6.07, 6.45) is 1.41. The van der Waals surface area contributed by atoms with Crippen molar-refractivity contribution >= 4 is 27.6 Å². The van der Waals surface area contributed by atoms with Gasteiger partial charge >= 0.3 is 0 Å². The summed E-state index contributed by atoms with van der Waals surface area (Å²) in [6.45, 7) is 3.92. The average Bonchev–Trinajstić information content (AvgIpc) is 2.15. The summed E-state index contributed by atoms with van der Waals surface area (Å²) in [7, 11) is 1.84. The minimum atomic E-state index is -0.796. The van der Waals surface area contributed by atoms with Crippen molar-refractivity contribution in [1.82, 2.24) is 9.97 Å². The number of halogens is 1. The van der Waals surface area contributed by atoms with E-state index in [0.29, 0.717) is 22.7 Å². The number of nitrogens with zero attached hydrogens (tertiary/aromatic N) is 3. The molecule has 0 fully saturated rings. The lowest BCUT2D eigenvalue weighted by Crippen LogP contribution is -2.37. The molecule has 6 nitrogen and oxygen atoms in total. The smallest absolute Gasteiger partial charge is 0.159 e. The standard InChI is InChI=1S/C9H16BrN5O/c1-9(2,16)4-15(3)8-6(10)7(14-11)12-5-13-8/h5,16H,4,11H2,1-3H3,(H,12,13,14). The SMILES string of the molecule is CN(CC(C)(C)O)c1ncnc(NN)c1Br. The Morgan fingerprint density at radius 1 is 1.56 bits per heavy atom. The zero-order valence-electron chi connectivity index (χ0n) is 9.53. The van der Waals surface area contributed by atoms with Gasteiger partial charge in [0.1, 0.15) is 16.6 Å². The van der Waals surface area contributed by atoms with Gasteiger partial charge in [-0.2, -0.15) is 0 Å². The molecule has 90 valence electrons. The third-order valence-electron chi connectivity index (χ3n) is 1.89. The maximum absolute atomic E-state index is 9.73. The zero-order valence-corrected chi connectivity index (χ0v) is 11.1. The summed E-state index contributed by atoms with van der Waals surface area (Å²) in [6, 6.07) is 0. The van der Waals surface area contributed by atoms with Crippen LogP contribution in [0.3, 0.4) is 0 Å². The van der Waals surface area contributed by atoms with E-state index in [-0.39, 0.29) is 0 Å². The van der Waals surface area contributed by atoms with E-state index >= 15 is 0 Å². The van der Waals surface area contributed by atoms with E-state index in [2.05, 4.69) is 31.3 Å². The fourth-order valence-electron chi connectivity index (χ4n) is 1.38. The monoisotopic (exact) mass is 289 g/mol. The Hall–Kier alpha value is -0.920. The van der Waals surface area contributed by atoms with Crippen LogP contribution < -0.4 is 16.2 Å². The maximum atomic E-state index is 9.73. The Kier molecular flexibility index (Phi) is 4.06. The molecule has 0 aromatic carbocycles. The van der Waals surface area contributed by atoms with Crippen LogP contribution in [0.1, 0.15) is 13.8 Å². The lowest BCUT2D eigenvalue weighted by Gasteiger charge is -2.27. The number of aliphatic hydroxyl groups is 1. The molecule has 0 atom stereocenters. The molecule has 1 aromatic rings. The van der Waals surface area contributed by atoms with E-state index in [0.717, 1.165) is 0 Å². The highest BCUT2D eigenvalue weighted by Gasteiger charge is 2.19. The van der Waals surface area contributed by atoms with Crippen molar-refractivity contribution in [3.8, 4) is 0 Å². The van der Waals surface area contributed by atoms with Gasteiger partial charge in [0.15, 0.2) is 5.82 Å². The summed E-state index contributed by atoms with van der Waals surface area (Å²) in [5, 5.41) is 9.73. The number of nitrogens with two attached hydrogens (primary N) is 1. The highest BCUT2D eigenvalue weighted by molar-refractivity contribution is 9.10. The predicted molar refractivity (Wildman–Crippen MR) is 67.1 cm³/mol. The van der Waals surface area contributed by atoms with Gasteiger partial charge in [-0.25, -0.2) is 15.8 Å². The maximum Gasteiger partial charge on any atom is 0.159 e. The number of anilines is 2. The van der Waals surface area contributed by atoms with Crippen LogP contribution in [0.25, 0.3) is 0 Å². The van der Waals surface area contributed by atoms with Crippen molar-refractivity contribution < 1.29 is 5.11 Å². The minimum absolute atomic E-state index is 0.451. The molecular formula is C9H16BrN5O. The molecule has 16 heavy (non-hydrogen) atoms. The Morgan fingerprint density at radius 3 is 2.69 bits per heavy atom. The number of nitrogen functional groups attached to an aromatic ring is 1. The van der Waals surface area contributed by atoms with Gasteiger partial charge in [0.2, 0.25) is 0 Å². The molecule has 1 aromatic heterocycles. The summed E-state index contributed by atoms with van der Waals surface area (Å²) in [4.78, 5) is 9.91. The first kappa shape index (κ1) is 13.1. The number of hydrogen-bond acceptors (Lipinski definition) is 6. The van der Waals surface area contributed by atoms with Gasteiger partial charge in [-0.1, -0.05) is 0 Å². The van der Waals surface area contributed by atoms with Crippen molar-refractivity contribution in [2.24, 2.45) is 5.84 Å². The summed E-state index contributed by atoms with van der Waals surface area (Å²) >= 11 is 3.36. The quantitative estimate of drug-likeness (QED) is 0.560. The molecule has 1 heterocycles. The Balaban J connectivity index is 2.95. The van der Waals surface area contributed by atoms with Crippen molar-refractivity contribution in [2.45, 2.75) is 19.4 Å². The summed E-state index contributed by atoms with van der Waals surface area (Å²) in [5.74, 6) is 6.49. The number of rotatable bonds is 4. The van der Waals surface area contributed by atoms with E-state index in [1.165, 1.54) is 6.33 Å². The lowest BCUT2D eigenvalue weighted by molar-refractivity contribution is 0.0884. The molecule has 0 aliphatic carbocycles. The fraction of sp³-hybridized carbons (Fsp3) is 0.556. The number of hydrazine groups is 1. The van der Waals surface area contributed by atoms with Gasteiger partial charge in [-0.3, -0.25) is 0 Å². The summed E-state index contributed by atoms with van der Waals surface area (Å²) in [5.41, 5.74) is 1.67. The molecule has 0 aliphatic rings. The van der Waals surface area contributed by atoms with Gasteiger partial charge in [0.25, 0.3) is 0 Å². The average molecular weight is 290 g/mol. The van der Waals surface area contributed by atoms with Crippen LogP contribution in [0.15, 0.2) is 10.8 Å². The van der Waals surface area contributed by atoms with E-state index in [4.69, 9.17) is 5.84 Å². The van der Waals surface area contributed by atoms with Gasteiger partial charge in [-0.05, 0) is 29.8 Å². The zero-order chi connectivity index (χ0) is 12.3. The predicted octanol–water partition coefficient (Wildman–Crippen LogP) is 0.732. The second kappa shape index (κ2) is 4.94. The highest BCUT2D eigenvalue weighted by Crippen LogP contribution is 2.28. The molecule has 0 radical (unpaired) electrons. The molecule has 4 N–H and O–H groups in total. The number of hydrogen-bond donors (Lipinski definition) is 3. The highest BCUT2D eigenvalue weighted by atomic mass is 79.9. The van der Waals surface area contributed by atoms with Crippen molar-refractivity contribution in [3.05, 3.63) is 10.8 Å². The van der Waals surface area contributed by atoms with Crippen molar-refractivity contribution in [3.63, 3.8) is 0 Å². The first-order valence-electron chi connectivity index (χ1n) is 4.76. The molecule has 0 amide bonds. The third kappa shape index (κ3) is 3.29. The van der Waals surface area contributed by atoms with Crippen molar-refractivity contribution in [1.29, 1.82) is 0 Å². The minimum Gasteiger partial charge on any atom is -0.389 e. The van der Waals surface area contributed by atoms with Crippen LogP contribution in [0.4, 0.5) is 11.6 Å². The van der Waals surface area contributed by atoms with Crippen LogP contribution >= 0.6 is 15.9 Å². The lowest BCUT2D eigenvalue weighted by atomic mass is 10.1. The first-order valence-corrected chi connectivity index (χ1v) is 5.55. The number of likely N-dealkylation sites (N-methyl/N-ethyl adjacent to an activating group) is 1. The second-order valence-electron chi connectivity index (χ2n) is 4.17. The summed E-state index contributed by atoms with van der Waals surface area (Å²) < 4.78 is 0.671. The molecule has 0 bridgehead atoms.